The molecule has 0 aliphatic carbocycles. The minimum atomic E-state index is 0.136. The zero-order valence-electron chi connectivity index (χ0n) is 6.26. The summed E-state index contributed by atoms with van der Waals surface area (Å²) in [6, 6.07) is 2.08. The van der Waals surface area contributed by atoms with Gasteiger partial charge in [-0.1, -0.05) is 6.92 Å². The topological polar surface area (TPSA) is 29.1 Å². The van der Waals surface area contributed by atoms with E-state index in [9.17, 15) is 4.79 Å². The summed E-state index contributed by atoms with van der Waals surface area (Å²) < 4.78 is 0. The highest BCUT2D eigenvalue weighted by molar-refractivity contribution is 7.14. The van der Waals surface area contributed by atoms with E-state index < -0.39 is 0 Å². The molecule has 0 fully saturated rings. The lowest BCUT2D eigenvalue weighted by Gasteiger charge is -2.17. The number of amides is 1. The van der Waals surface area contributed by atoms with Crippen molar-refractivity contribution in [1.29, 1.82) is 0 Å². The Kier molecular flexibility index (Phi) is 1.46. The van der Waals surface area contributed by atoms with Gasteiger partial charge in [0.1, 0.15) is 0 Å². The molecule has 0 radical (unpaired) electrons. The average Bonchev–Trinajstić information content (AvgIpc) is 2.36. The summed E-state index contributed by atoms with van der Waals surface area (Å²) in [5, 5.41) is 5.92. The van der Waals surface area contributed by atoms with Crippen molar-refractivity contribution in [2.45, 2.75) is 13.3 Å². The van der Waals surface area contributed by atoms with Gasteiger partial charge >= 0.3 is 0 Å². The highest BCUT2D eigenvalue weighted by Gasteiger charge is 2.22. The van der Waals surface area contributed by atoms with Crippen LogP contribution in [0.25, 0.3) is 0 Å². The molecule has 0 saturated carbocycles. The maximum Gasteiger partial charge on any atom is 0.228 e. The van der Waals surface area contributed by atoms with E-state index in [0.29, 0.717) is 0 Å². The lowest BCUT2D eigenvalue weighted by molar-refractivity contribution is -0.119. The molecular formula is C8H9NOS. The van der Waals surface area contributed by atoms with Crippen LogP contribution in [-0.2, 0) is 11.2 Å². The number of carbonyl (C=O) groups excluding carboxylic acids is 1. The second-order valence-electron chi connectivity index (χ2n) is 2.87. The van der Waals surface area contributed by atoms with E-state index in [-0.39, 0.29) is 11.8 Å². The first-order valence-corrected chi connectivity index (χ1v) is 4.52. The summed E-state index contributed by atoms with van der Waals surface area (Å²) in [6.07, 6.45) is 0.894. The molecule has 2 heterocycles. The lowest BCUT2D eigenvalue weighted by Crippen LogP contribution is -2.26. The minimum absolute atomic E-state index is 0.136. The van der Waals surface area contributed by atoms with E-state index in [1.54, 1.807) is 11.3 Å². The first kappa shape index (κ1) is 6.85. The van der Waals surface area contributed by atoms with Gasteiger partial charge in [-0.2, -0.15) is 0 Å². The number of fused-ring (bicyclic) bond motifs is 1. The average molecular weight is 167 g/mol. The zero-order valence-corrected chi connectivity index (χ0v) is 7.07. The van der Waals surface area contributed by atoms with E-state index in [1.807, 2.05) is 12.3 Å². The minimum Gasteiger partial charge on any atom is -0.317 e. The number of hydrogen-bond acceptors (Lipinski definition) is 2. The molecule has 58 valence electrons. The fraction of sp³-hybridized carbons (Fsp3) is 0.375. The van der Waals surface area contributed by atoms with Crippen molar-refractivity contribution in [1.82, 2.24) is 0 Å². The van der Waals surface area contributed by atoms with Gasteiger partial charge in [-0.25, -0.2) is 0 Å². The molecule has 0 saturated heterocycles. The number of rotatable bonds is 0. The van der Waals surface area contributed by atoms with Crippen LogP contribution in [0.5, 0.6) is 0 Å². The van der Waals surface area contributed by atoms with Crippen LogP contribution < -0.4 is 5.32 Å². The largest absolute Gasteiger partial charge is 0.317 e. The van der Waals surface area contributed by atoms with Crippen LogP contribution in [0.1, 0.15) is 12.5 Å². The van der Waals surface area contributed by atoms with Gasteiger partial charge in [0.05, 0.1) is 5.00 Å². The Morgan fingerprint density at radius 2 is 2.55 bits per heavy atom. The molecule has 2 rings (SSSR count). The number of anilines is 1. The molecule has 1 aromatic rings. The SMILES string of the molecule is CC1Cc2ccsc2NC1=O. The molecule has 1 atom stereocenters. The molecule has 0 aromatic carbocycles. The first-order chi connectivity index (χ1) is 5.27. The molecule has 2 nitrogen and oxygen atoms in total. The van der Waals surface area contributed by atoms with E-state index in [4.69, 9.17) is 0 Å². The molecule has 0 bridgehead atoms. The second kappa shape index (κ2) is 2.34. The van der Waals surface area contributed by atoms with E-state index >= 15 is 0 Å². The normalized spacial score (nSPS) is 22.6. The van der Waals surface area contributed by atoms with Crippen LogP contribution in [0.3, 0.4) is 0 Å². The Hall–Kier alpha value is -0.830. The number of hydrogen-bond donors (Lipinski definition) is 1. The fourth-order valence-electron chi connectivity index (χ4n) is 1.26. The van der Waals surface area contributed by atoms with Crippen LogP contribution in [0.15, 0.2) is 11.4 Å². The molecule has 3 heteroatoms. The van der Waals surface area contributed by atoms with Crippen LogP contribution in [-0.4, -0.2) is 5.91 Å². The summed E-state index contributed by atoms with van der Waals surface area (Å²) in [5.74, 6) is 0.289. The van der Waals surface area contributed by atoms with Crippen LogP contribution >= 0.6 is 11.3 Å². The molecule has 1 aromatic heterocycles. The Morgan fingerprint density at radius 1 is 1.73 bits per heavy atom. The van der Waals surface area contributed by atoms with Crippen molar-refractivity contribution in [2.75, 3.05) is 5.32 Å². The summed E-state index contributed by atoms with van der Waals surface area (Å²) >= 11 is 1.60. The fourth-order valence-corrected chi connectivity index (χ4v) is 2.09. The monoisotopic (exact) mass is 167 g/mol. The quantitative estimate of drug-likeness (QED) is 0.628. The van der Waals surface area contributed by atoms with Crippen molar-refractivity contribution >= 4 is 22.2 Å². The first-order valence-electron chi connectivity index (χ1n) is 3.64. The third-order valence-electron chi connectivity index (χ3n) is 1.96. The maximum absolute atomic E-state index is 11.2. The summed E-state index contributed by atoms with van der Waals surface area (Å²) in [6.45, 7) is 1.95. The molecule has 1 aliphatic rings. The van der Waals surface area contributed by atoms with Crippen molar-refractivity contribution < 1.29 is 4.79 Å². The smallest absolute Gasteiger partial charge is 0.228 e. The van der Waals surface area contributed by atoms with Crippen molar-refractivity contribution in [3.8, 4) is 0 Å². The van der Waals surface area contributed by atoms with Gasteiger partial charge in [0.15, 0.2) is 0 Å². The van der Waals surface area contributed by atoms with Gasteiger partial charge in [-0.05, 0) is 23.4 Å². The van der Waals surface area contributed by atoms with Gasteiger partial charge in [0.2, 0.25) is 5.91 Å². The van der Waals surface area contributed by atoms with Gasteiger partial charge in [-0.15, -0.1) is 11.3 Å². The van der Waals surface area contributed by atoms with Gasteiger partial charge in [0.25, 0.3) is 0 Å². The van der Waals surface area contributed by atoms with Crippen molar-refractivity contribution in [3.63, 3.8) is 0 Å². The van der Waals surface area contributed by atoms with Gasteiger partial charge in [0, 0.05) is 5.92 Å². The summed E-state index contributed by atoms with van der Waals surface area (Å²) in [4.78, 5) is 11.2. The third kappa shape index (κ3) is 1.05. The van der Waals surface area contributed by atoms with Crippen LogP contribution in [0, 0.1) is 5.92 Å². The van der Waals surface area contributed by atoms with Gasteiger partial charge < -0.3 is 5.32 Å². The van der Waals surface area contributed by atoms with Crippen LogP contribution in [0.4, 0.5) is 5.00 Å². The standard InChI is InChI=1S/C8H9NOS/c1-5-4-6-2-3-11-8(6)9-7(5)10/h2-3,5H,4H2,1H3,(H,9,10). The Morgan fingerprint density at radius 3 is 3.36 bits per heavy atom. The predicted octanol–water partition coefficient (Wildman–Crippen LogP) is 1.88. The van der Waals surface area contributed by atoms with Crippen molar-refractivity contribution in [2.24, 2.45) is 5.92 Å². The zero-order chi connectivity index (χ0) is 7.84. The molecular weight excluding hydrogens is 158 g/mol. The Balaban J connectivity index is 2.37. The molecule has 0 spiro atoms. The Labute approximate surface area is 69.2 Å². The summed E-state index contributed by atoms with van der Waals surface area (Å²) in [7, 11) is 0. The van der Waals surface area contributed by atoms with E-state index in [0.717, 1.165) is 11.4 Å². The highest BCUT2D eigenvalue weighted by Crippen LogP contribution is 2.29. The molecule has 11 heavy (non-hydrogen) atoms. The lowest BCUT2D eigenvalue weighted by atomic mass is 9.99. The summed E-state index contributed by atoms with van der Waals surface area (Å²) in [5.41, 5.74) is 1.28. The molecule has 1 amide bonds. The number of nitrogens with one attached hydrogen (secondary N) is 1. The number of thiophene rings is 1. The highest BCUT2D eigenvalue weighted by atomic mass is 32.1. The van der Waals surface area contributed by atoms with Gasteiger partial charge in [-0.3, -0.25) is 4.79 Å². The molecule has 1 N–H and O–H groups in total. The molecule has 1 unspecified atom stereocenters. The second-order valence-corrected chi connectivity index (χ2v) is 3.79. The maximum atomic E-state index is 11.2. The Bertz CT molecular complexity index is 292. The van der Waals surface area contributed by atoms with Crippen LogP contribution in [0.2, 0.25) is 0 Å². The van der Waals surface area contributed by atoms with E-state index in [1.165, 1.54) is 5.56 Å². The van der Waals surface area contributed by atoms with E-state index in [2.05, 4.69) is 11.4 Å². The predicted molar refractivity (Wildman–Crippen MR) is 45.8 cm³/mol. The number of carbonyl (C=O) groups is 1. The third-order valence-corrected chi connectivity index (χ3v) is 2.83. The van der Waals surface area contributed by atoms with Crippen molar-refractivity contribution in [3.05, 3.63) is 17.0 Å². The molecule has 1 aliphatic heterocycles.